The molecule has 0 unspecified atom stereocenters. The first-order chi connectivity index (χ1) is 20.6. The Kier molecular flexibility index (Phi) is 10.7. The molecule has 0 aliphatic heterocycles. The molecule has 4 rings (SSSR count). The molecular formula is C31H29BrClN3O6S. The van der Waals surface area contributed by atoms with E-state index in [1.807, 2.05) is 19.1 Å². The van der Waals surface area contributed by atoms with Gasteiger partial charge >= 0.3 is 0 Å². The monoisotopic (exact) mass is 685 g/mol. The molecule has 0 radical (unpaired) electrons. The fraction of sp³-hybridized carbons (Fsp3) is 0.161. The normalized spacial score (nSPS) is 11.3. The third-order valence-electron chi connectivity index (χ3n) is 6.19. The van der Waals surface area contributed by atoms with Gasteiger partial charge in [0.05, 0.1) is 35.5 Å². The zero-order valence-corrected chi connectivity index (χ0v) is 26.7. The van der Waals surface area contributed by atoms with Crippen LogP contribution in [0.5, 0.6) is 17.2 Å². The highest BCUT2D eigenvalue weighted by Gasteiger charge is 2.27. The zero-order chi connectivity index (χ0) is 31.0. The molecule has 0 aliphatic carbocycles. The van der Waals surface area contributed by atoms with Gasteiger partial charge in [0, 0.05) is 11.1 Å². The van der Waals surface area contributed by atoms with Gasteiger partial charge in [-0.05, 0) is 82.5 Å². The van der Waals surface area contributed by atoms with Crippen LogP contribution in [0.1, 0.15) is 16.7 Å². The summed E-state index contributed by atoms with van der Waals surface area (Å²) >= 11 is 9.46. The standard InChI is InChI=1S/C31H29BrClN3O6S/c1-21-7-13-27(14-8-21)43(38,39)36(25-5-4-6-26(17-25)40-2)19-30(37)35-34-18-23-15-28(32)31(29(16-23)41-3)42-20-22-9-11-24(33)12-10-22/h4-18H,19-20H2,1-3H3,(H,35,37)/b34-18-. The van der Waals surface area contributed by atoms with Gasteiger partial charge in [-0.25, -0.2) is 13.8 Å². The number of ether oxygens (including phenoxy) is 3. The van der Waals surface area contributed by atoms with E-state index in [9.17, 15) is 13.2 Å². The molecule has 4 aromatic rings. The number of hydrogen-bond acceptors (Lipinski definition) is 7. The van der Waals surface area contributed by atoms with E-state index in [-0.39, 0.29) is 10.6 Å². The highest BCUT2D eigenvalue weighted by Crippen LogP contribution is 2.37. The van der Waals surface area contributed by atoms with Gasteiger partial charge in [-0.2, -0.15) is 5.10 Å². The zero-order valence-electron chi connectivity index (χ0n) is 23.6. The van der Waals surface area contributed by atoms with Crippen molar-refractivity contribution >= 4 is 55.4 Å². The Labute approximate surface area is 264 Å². The van der Waals surface area contributed by atoms with Crippen LogP contribution in [0.2, 0.25) is 5.02 Å². The minimum absolute atomic E-state index is 0.0486. The number of rotatable bonds is 12. The van der Waals surface area contributed by atoms with Crippen molar-refractivity contribution in [2.45, 2.75) is 18.4 Å². The Morgan fingerprint density at radius 2 is 1.72 bits per heavy atom. The molecule has 0 fully saturated rings. The average molecular weight is 687 g/mol. The maximum Gasteiger partial charge on any atom is 0.264 e. The SMILES string of the molecule is COc1cccc(N(CC(=O)N/N=C\c2cc(Br)c(OCc3ccc(Cl)cc3)c(OC)c2)S(=O)(=O)c2ccc(C)cc2)c1. The summed E-state index contributed by atoms with van der Waals surface area (Å²) in [5.41, 5.74) is 5.11. The number of hydrazone groups is 1. The van der Waals surface area contributed by atoms with Crippen molar-refractivity contribution in [2.75, 3.05) is 25.1 Å². The van der Waals surface area contributed by atoms with Crippen LogP contribution in [-0.4, -0.2) is 41.3 Å². The summed E-state index contributed by atoms with van der Waals surface area (Å²) in [6, 6.07) is 23.6. The summed E-state index contributed by atoms with van der Waals surface area (Å²) in [5.74, 6) is 0.738. The van der Waals surface area contributed by atoms with E-state index in [0.29, 0.717) is 38.9 Å². The minimum Gasteiger partial charge on any atom is -0.497 e. The summed E-state index contributed by atoms with van der Waals surface area (Å²) in [7, 11) is -1.10. The van der Waals surface area contributed by atoms with Crippen LogP contribution in [0.3, 0.4) is 0 Å². The number of methoxy groups -OCH3 is 2. The lowest BCUT2D eigenvalue weighted by molar-refractivity contribution is -0.119. The molecule has 0 aliphatic rings. The summed E-state index contributed by atoms with van der Waals surface area (Å²) in [6.07, 6.45) is 1.42. The van der Waals surface area contributed by atoms with Crippen LogP contribution in [0, 0.1) is 6.92 Å². The van der Waals surface area contributed by atoms with Crippen LogP contribution >= 0.6 is 27.5 Å². The first kappa shape index (κ1) is 31.9. The number of benzene rings is 4. The summed E-state index contributed by atoms with van der Waals surface area (Å²) in [5, 5.41) is 4.67. The molecule has 4 aromatic carbocycles. The number of aryl methyl sites for hydroxylation is 1. The number of anilines is 1. The highest BCUT2D eigenvalue weighted by atomic mass is 79.9. The van der Waals surface area contributed by atoms with Crippen molar-refractivity contribution in [3.63, 3.8) is 0 Å². The van der Waals surface area contributed by atoms with Gasteiger partial charge in [0.15, 0.2) is 11.5 Å². The second kappa shape index (κ2) is 14.4. The number of carbonyl (C=O) groups is 1. The number of hydrogen-bond donors (Lipinski definition) is 1. The van der Waals surface area contributed by atoms with Crippen molar-refractivity contribution < 1.29 is 27.4 Å². The van der Waals surface area contributed by atoms with E-state index >= 15 is 0 Å². The predicted molar refractivity (Wildman–Crippen MR) is 171 cm³/mol. The average Bonchev–Trinajstić information content (AvgIpc) is 3.00. The van der Waals surface area contributed by atoms with Gasteiger partial charge in [-0.1, -0.05) is 47.5 Å². The van der Waals surface area contributed by atoms with Crippen molar-refractivity contribution in [1.29, 1.82) is 0 Å². The Morgan fingerprint density at radius 1 is 1.00 bits per heavy atom. The molecule has 0 saturated carbocycles. The minimum atomic E-state index is -4.09. The number of nitrogens with one attached hydrogen (secondary N) is 1. The Bertz CT molecular complexity index is 1710. The van der Waals surface area contributed by atoms with Crippen molar-refractivity contribution in [3.8, 4) is 17.2 Å². The first-order valence-corrected chi connectivity index (χ1v) is 15.5. The molecule has 43 heavy (non-hydrogen) atoms. The van der Waals surface area contributed by atoms with E-state index in [0.717, 1.165) is 15.4 Å². The lowest BCUT2D eigenvalue weighted by Gasteiger charge is -2.24. The molecule has 224 valence electrons. The van der Waals surface area contributed by atoms with Crippen LogP contribution in [0.25, 0.3) is 0 Å². The second-order valence-corrected chi connectivity index (χ2v) is 12.4. The van der Waals surface area contributed by atoms with Crippen LogP contribution in [0.4, 0.5) is 5.69 Å². The topological polar surface area (TPSA) is 107 Å². The van der Waals surface area contributed by atoms with Gasteiger partial charge in [-0.15, -0.1) is 0 Å². The molecule has 0 bridgehead atoms. The Balaban J connectivity index is 1.50. The van der Waals surface area contributed by atoms with Gasteiger partial charge in [-0.3, -0.25) is 9.10 Å². The number of nitrogens with zero attached hydrogens (tertiary/aromatic N) is 2. The molecule has 12 heteroatoms. The predicted octanol–water partition coefficient (Wildman–Crippen LogP) is 6.35. The molecule has 1 amide bonds. The van der Waals surface area contributed by atoms with E-state index in [2.05, 4.69) is 26.5 Å². The van der Waals surface area contributed by atoms with Gasteiger partial charge < -0.3 is 14.2 Å². The summed E-state index contributed by atoms with van der Waals surface area (Å²) < 4.78 is 45.6. The Hall–Kier alpha value is -4.06. The quantitative estimate of drug-likeness (QED) is 0.138. The number of carbonyl (C=O) groups excluding carboxylic acids is 1. The molecule has 1 N–H and O–H groups in total. The van der Waals surface area contributed by atoms with Gasteiger partial charge in [0.2, 0.25) is 0 Å². The maximum absolute atomic E-state index is 13.6. The lowest BCUT2D eigenvalue weighted by Crippen LogP contribution is -2.39. The molecule has 0 heterocycles. The molecule has 9 nitrogen and oxygen atoms in total. The highest BCUT2D eigenvalue weighted by molar-refractivity contribution is 9.10. The third kappa shape index (κ3) is 8.28. The van der Waals surface area contributed by atoms with Crippen LogP contribution < -0.4 is 23.9 Å². The fourth-order valence-electron chi connectivity index (χ4n) is 3.95. The number of sulfonamides is 1. The van der Waals surface area contributed by atoms with E-state index in [1.165, 1.54) is 32.6 Å². The summed E-state index contributed by atoms with van der Waals surface area (Å²) in [4.78, 5) is 13.0. The van der Waals surface area contributed by atoms with Crippen molar-refractivity contribution in [1.82, 2.24) is 5.43 Å². The number of halogens is 2. The Morgan fingerprint density at radius 3 is 2.40 bits per heavy atom. The molecular weight excluding hydrogens is 658 g/mol. The second-order valence-electron chi connectivity index (χ2n) is 9.27. The fourth-order valence-corrected chi connectivity index (χ4v) is 6.07. The molecule has 0 saturated heterocycles. The summed E-state index contributed by atoms with van der Waals surface area (Å²) in [6.45, 7) is 1.63. The van der Waals surface area contributed by atoms with Crippen LogP contribution in [0.15, 0.2) is 99.4 Å². The molecule has 0 atom stereocenters. The van der Waals surface area contributed by atoms with E-state index in [1.54, 1.807) is 60.7 Å². The van der Waals surface area contributed by atoms with Crippen LogP contribution in [-0.2, 0) is 21.4 Å². The third-order valence-corrected chi connectivity index (χ3v) is 8.82. The molecule has 0 spiro atoms. The number of amides is 1. The lowest BCUT2D eigenvalue weighted by atomic mass is 10.2. The van der Waals surface area contributed by atoms with Gasteiger partial charge in [0.1, 0.15) is 18.9 Å². The first-order valence-electron chi connectivity index (χ1n) is 12.9. The smallest absolute Gasteiger partial charge is 0.264 e. The van der Waals surface area contributed by atoms with E-state index < -0.39 is 22.5 Å². The van der Waals surface area contributed by atoms with E-state index in [4.69, 9.17) is 25.8 Å². The van der Waals surface area contributed by atoms with Gasteiger partial charge in [0.25, 0.3) is 15.9 Å². The molecule has 0 aromatic heterocycles. The maximum atomic E-state index is 13.6. The van der Waals surface area contributed by atoms with Crippen molar-refractivity contribution in [3.05, 3.63) is 111 Å². The largest absolute Gasteiger partial charge is 0.497 e. The van der Waals surface area contributed by atoms with Crippen molar-refractivity contribution in [2.24, 2.45) is 5.10 Å².